The Morgan fingerprint density at radius 1 is 0.556 bits per heavy atom. The maximum atomic E-state index is 12.6. The third-order valence-corrected chi connectivity index (χ3v) is 9.14. The summed E-state index contributed by atoms with van der Waals surface area (Å²) in [6.45, 7) is 2.29. The van der Waals surface area contributed by atoms with Gasteiger partial charge in [-0.25, -0.2) is 4.57 Å². The monoisotopic (exact) mass is 895 g/mol. The Labute approximate surface area is 377 Å². The molecule has 0 aromatic rings. The van der Waals surface area contributed by atoms with Crippen LogP contribution >= 0.6 is 7.82 Å². The van der Waals surface area contributed by atoms with Gasteiger partial charge >= 0.3 is 25.7 Å². The average Bonchev–Trinajstić information content (AvgIpc) is 3.25. The molecule has 2 unspecified atom stereocenters. The number of allylic oxidation sites excluding steroid dienone is 22. The van der Waals surface area contributed by atoms with Gasteiger partial charge in [-0.2, -0.15) is 0 Å². The van der Waals surface area contributed by atoms with Crippen molar-refractivity contribution in [1.82, 2.24) is 0 Å². The zero-order chi connectivity index (χ0) is 46.5. The summed E-state index contributed by atoms with van der Waals surface area (Å²) in [4.78, 5) is 45.9. The lowest BCUT2D eigenvalue weighted by Gasteiger charge is -2.20. The molecule has 0 aromatic carbocycles. The van der Waals surface area contributed by atoms with Crippen molar-refractivity contribution >= 4 is 25.7 Å². The molecule has 0 amide bonds. The predicted molar refractivity (Wildman–Crippen MR) is 254 cm³/mol. The highest BCUT2D eigenvalue weighted by Gasteiger charge is 2.28. The Bertz CT molecular complexity index is 1630. The SMILES string of the molecule is CC/C=C\C/C=C\C/C=C\C/C=C\C/C=C\C/C=C\CCC(=O)O[C@H](COC(=O)CC/C=C\C/C=C\C/C=C\C/C=C/C=C/C(O)C/C=C\CC)COP(=O)(O)OC[C@H](N)C(=O)O. The second kappa shape index (κ2) is 42.6. The highest BCUT2D eigenvalue weighted by atomic mass is 31.2. The number of aliphatic hydroxyl groups is 1. The summed E-state index contributed by atoms with van der Waals surface area (Å²) in [5.41, 5.74) is 5.32. The molecule has 0 saturated carbocycles. The number of carboxylic acid groups (broad SMARTS) is 1. The molecule has 0 saturated heterocycles. The Morgan fingerprint density at radius 2 is 0.968 bits per heavy atom. The molecule has 0 aliphatic heterocycles. The van der Waals surface area contributed by atoms with E-state index in [-0.39, 0.29) is 12.8 Å². The number of aliphatic carboxylic acids is 1. The second-order valence-corrected chi connectivity index (χ2v) is 15.4. The lowest BCUT2D eigenvalue weighted by atomic mass is 10.2. The van der Waals surface area contributed by atoms with E-state index in [1.54, 1.807) is 6.08 Å². The molecule has 0 bridgehead atoms. The number of phosphoric ester groups is 1. The molecule has 12 nitrogen and oxygen atoms in total. The number of hydrogen-bond donors (Lipinski definition) is 4. The standard InChI is InChI=1S/C50H74NO11P/c1-3-5-7-8-9-10-11-12-13-14-15-16-17-20-24-27-30-33-37-41-49(54)62-46(43-60-63(57,58)61-44-47(51)50(55)56)42-59-48(53)40-36-32-29-26-23-21-18-19-22-25-28-31-35-39-45(52)38-34-6-4-2/h5-7,9-10,12-13,15-16,19-24,28-35,39,45-47,52H,3-4,8,11,14,17-18,25-27,36-38,40-44,51H2,1-2H3,(H,55,56)(H,57,58)/b7-5-,10-9-,13-12-,16-15-,22-19-,23-21-,24-20-,31-28+,32-29-,33-30-,34-6-,39-35+/t45?,46-,47+/m1/s1. The molecule has 5 N–H and O–H groups in total. The highest BCUT2D eigenvalue weighted by molar-refractivity contribution is 7.47. The van der Waals surface area contributed by atoms with Gasteiger partial charge in [-0.3, -0.25) is 23.4 Å². The number of aliphatic hydroxyl groups excluding tert-OH is 1. The van der Waals surface area contributed by atoms with E-state index in [0.717, 1.165) is 51.4 Å². The van der Waals surface area contributed by atoms with Crippen molar-refractivity contribution < 1.29 is 52.6 Å². The molecule has 0 aliphatic carbocycles. The molecule has 0 aliphatic rings. The van der Waals surface area contributed by atoms with Crippen molar-refractivity contribution in [3.63, 3.8) is 0 Å². The molecular weight excluding hydrogens is 822 g/mol. The first-order chi connectivity index (χ1) is 30.5. The molecule has 0 radical (unpaired) electrons. The van der Waals surface area contributed by atoms with Gasteiger partial charge in [-0.05, 0) is 83.5 Å². The van der Waals surface area contributed by atoms with Crippen LogP contribution in [0, 0.1) is 0 Å². The van der Waals surface area contributed by atoms with Gasteiger partial charge in [-0.1, -0.05) is 160 Å². The van der Waals surface area contributed by atoms with Gasteiger partial charge in [0.25, 0.3) is 0 Å². The third kappa shape index (κ3) is 42.4. The van der Waals surface area contributed by atoms with Crippen LogP contribution < -0.4 is 5.73 Å². The Balaban J connectivity index is 4.67. The summed E-state index contributed by atoms with van der Waals surface area (Å²) < 4.78 is 32.5. The van der Waals surface area contributed by atoms with Crippen molar-refractivity contribution in [3.05, 3.63) is 146 Å². The fourth-order valence-corrected chi connectivity index (χ4v) is 5.56. The van der Waals surface area contributed by atoms with Crippen LogP contribution in [0.1, 0.15) is 110 Å². The van der Waals surface area contributed by atoms with Gasteiger partial charge in [0.05, 0.1) is 19.3 Å². The zero-order valence-corrected chi connectivity index (χ0v) is 38.3. The first-order valence-electron chi connectivity index (χ1n) is 22.0. The van der Waals surface area contributed by atoms with E-state index in [0.29, 0.717) is 32.1 Å². The summed E-state index contributed by atoms with van der Waals surface area (Å²) in [5, 5.41) is 18.7. The molecule has 350 valence electrons. The first-order valence-corrected chi connectivity index (χ1v) is 23.5. The van der Waals surface area contributed by atoms with Crippen molar-refractivity contribution in [2.75, 3.05) is 19.8 Å². The topological polar surface area (TPSA) is 192 Å². The normalized spacial score (nSPS) is 15.5. The number of hydrogen-bond acceptors (Lipinski definition) is 10. The van der Waals surface area contributed by atoms with Gasteiger partial charge in [-0.15, -0.1) is 0 Å². The largest absolute Gasteiger partial charge is 0.480 e. The van der Waals surface area contributed by atoms with E-state index in [2.05, 4.69) is 85.2 Å². The number of carbonyl (C=O) groups excluding carboxylic acids is 2. The smallest absolute Gasteiger partial charge is 0.472 e. The molecule has 0 spiro atoms. The summed E-state index contributed by atoms with van der Waals surface area (Å²) in [5.74, 6) is -2.64. The van der Waals surface area contributed by atoms with Gasteiger partial charge in [0.2, 0.25) is 0 Å². The quantitative estimate of drug-likeness (QED) is 0.0199. The van der Waals surface area contributed by atoms with E-state index >= 15 is 0 Å². The van der Waals surface area contributed by atoms with Crippen LogP contribution in [-0.4, -0.2) is 71.1 Å². The minimum atomic E-state index is -4.78. The number of rotatable bonds is 38. The van der Waals surface area contributed by atoms with E-state index < -0.39 is 63.8 Å². The lowest BCUT2D eigenvalue weighted by molar-refractivity contribution is -0.161. The average molecular weight is 896 g/mol. The number of carboxylic acids is 1. The Morgan fingerprint density at radius 3 is 1.44 bits per heavy atom. The summed E-state index contributed by atoms with van der Waals surface area (Å²) in [7, 11) is -4.78. The molecule has 0 fully saturated rings. The highest BCUT2D eigenvalue weighted by Crippen LogP contribution is 2.43. The lowest BCUT2D eigenvalue weighted by Crippen LogP contribution is -2.34. The molecule has 0 rings (SSSR count). The minimum Gasteiger partial charge on any atom is -0.480 e. The number of ether oxygens (including phenoxy) is 2. The van der Waals surface area contributed by atoms with Gasteiger partial charge in [0.15, 0.2) is 6.10 Å². The van der Waals surface area contributed by atoms with Crippen molar-refractivity contribution in [1.29, 1.82) is 0 Å². The van der Waals surface area contributed by atoms with E-state index in [4.69, 9.17) is 24.8 Å². The minimum absolute atomic E-state index is 0.00228. The number of carbonyl (C=O) groups is 3. The van der Waals surface area contributed by atoms with Crippen LogP contribution in [0.15, 0.2) is 146 Å². The van der Waals surface area contributed by atoms with Crippen molar-refractivity contribution in [2.45, 2.75) is 128 Å². The Hall–Kier alpha value is -4.68. The van der Waals surface area contributed by atoms with E-state index in [1.165, 1.54) is 0 Å². The number of esters is 2. The van der Waals surface area contributed by atoms with Gasteiger partial charge in [0, 0.05) is 12.8 Å². The van der Waals surface area contributed by atoms with E-state index in [1.807, 2.05) is 72.9 Å². The molecule has 13 heteroatoms. The first kappa shape index (κ1) is 58.3. The van der Waals surface area contributed by atoms with Crippen molar-refractivity contribution in [2.24, 2.45) is 5.73 Å². The van der Waals surface area contributed by atoms with Crippen molar-refractivity contribution in [3.8, 4) is 0 Å². The van der Waals surface area contributed by atoms with E-state index in [9.17, 15) is 28.9 Å². The van der Waals surface area contributed by atoms with Gasteiger partial charge in [0.1, 0.15) is 12.6 Å². The molecule has 0 aromatic heterocycles. The van der Waals surface area contributed by atoms with Gasteiger partial charge < -0.3 is 30.3 Å². The summed E-state index contributed by atoms with van der Waals surface area (Å²) >= 11 is 0. The second-order valence-electron chi connectivity index (χ2n) is 13.9. The van der Waals surface area contributed by atoms with Crippen LogP contribution in [-0.2, 0) is 37.5 Å². The molecule has 4 atom stereocenters. The fraction of sp³-hybridized carbons (Fsp3) is 0.460. The van der Waals surface area contributed by atoms with Crippen LogP contribution in [0.5, 0.6) is 0 Å². The fourth-order valence-electron chi connectivity index (χ4n) is 4.79. The zero-order valence-electron chi connectivity index (χ0n) is 37.4. The maximum absolute atomic E-state index is 12.6. The van der Waals surface area contributed by atoms with Crippen LogP contribution in [0.2, 0.25) is 0 Å². The predicted octanol–water partition coefficient (Wildman–Crippen LogP) is 10.9. The van der Waals surface area contributed by atoms with Crippen LogP contribution in [0.3, 0.4) is 0 Å². The third-order valence-electron chi connectivity index (χ3n) is 8.19. The van der Waals surface area contributed by atoms with Crippen LogP contribution in [0.25, 0.3) is 0 Å². The molecule has 63 heavy (non-hydrogen) atoms. The van der Waals surface area contributed by atoms with Crippen LogP contribution in [0.4, 0.5) is 0 Å². The molecule has 0 heterocycles. The summed E-state index contributed by atoms with van der Waals surface area (Å²) in [6, 6.07) is -1.56. The maximum Gasteiger partial charge on any atom is 0.472 e. The Kier molecular flexibility index (Phi) is 39.4. The number of nitrogens with two attached hydrogens (primary N) is 1. The molecular formula is C50H74NO11P. The summed E-state index contributed by atoms with van der Waals surface area (Å²) in [6.07, 6.45) is 57.0. The number of phosphoric acid groups is 1.